The Hall–Kier alpha value is -3.76. The number of halogens is 6. The molecule has 1 amide bonds. The van der Waals surface area contributed by atoms with E-state index < -0.39 is 119 Å². The van der Waals surface area contributed by atoms with Crippen LogP contribution in [0.1, 0.15) is 38.2 Å². The topological polar surface area (TPSA) is 212 Å². The summed E-state index contributed by atoms with van der Waals surface area (Å²) in [6, 6.07) is 9.94. The second-order valence-corrected chi connectivity index (χ2v) is 16.6. The molecule has 3 saturated heterocycles. The van der Waals surface area contributed by atoms with Crippen LogP contribution in [0.25, 0.3) is 10.4 Å². The van der Waals surface area contributed by atoms with Crippen LogP contribution in [0.5, 0.6) is 0 Å². The van der Waals surface area contributed by atoms with E-state index >= 15 is 0 Å². The number of esters is 3. The number of alkyl carbamates (subject to hydrolysis) is 1. The van der Waals surface area contributed by atoms with E-state index in [1.165, 1.54) is 18.2 Å². The summed E-state index contributed by atoms with van der Waals surface area (Å²) in [6.45, 7) is 1.55. The lowest BCUT2D eigenvalue weighted by Crippen LogP contribution is -2.69. The average Bonchev–Trinajstić information content (AvgIpc) is 3.16. The van der Waals surface area contributed by atoms with Crippen molar-refractivity contribution >= 4 is 70.6 Å². The number of azide groups is 1. The number of alkyl halides is 6. The van der Waals surface area contributed by atoms with E-state index in [1.54, 1.807) is 30.3 Å². The number of hydrogen-bond donors (Lipinski definition) is 1. The Morgan fingerprint density at radius 2 is 1.56 bits per heavy atom. The van der Waals surface area contributed by atoms with E-state index in [1.807, 2.05) is 0 Å². The molecule has 3 aliphatic rings. The first-order chi connectivity index (χ1) is 27.8. The Balaban J connectivity index is 1.63. The number of fused-ring (bicyclic) bond motifs is 1. The van der Waals surface area contributed by atoms with Gasteiger partial charge in [0.2, 0.25) is 3.79 Å². The van der Waals surface area contributed by atoms with Crippen LogP contribution in [-0.2, 0) is 63.2 Å². The van der Waals surface area contributed by atoms with E-state index in [0.29, 0.717) is 17.3 Å². The van der Waals surface area contributed by atoms with E-state index in [-0.39, 0.29) is 11.5 Å². The molecule has 0 radical (unpaired) electrons. The van der Waals surface area contributed by atoms with Gasteiger partial charge in [0.05, 0.1) is 18.2 Å². The summed E-state index contributed by atoms with van der Waals surface area (Å²) < 4.78 is 93.5. The largest absolute Gasteiger partial charge is 0.463 e. The maximum atomic E-state index is 14.3. The summed E-state index contributed by atoms with van der Waals surface area (Å²) >= 11 is 18.0. The summed E-state index contributed by atoms with van der Waals surface area (Å²) in [5.41, 5.74) is 7.75. The monoisotopic (exact) mass is 914 g/mol. The lowest BCUT2D eigenvalue weighted by molar-refractivity contribution is -0.343. The van der Waals surface area contributed by atoms with Crippen molar-refractivity contribution in [2.24, 2.45) is 5.11 Å². The third kappa shape index (κ3) is 12.6. The van der Waals surface area contributed by atoms with Gasteiger partial charge in [0.15, 0.2) is 24.8 Å². The van der Waals surface area contributed by atoms with Crippen molar-refractivity contribution in [2.75, 3.05) is 19.8 Å². The lowest BCUT2D eigenvalue weighted by atomic mass is 9.94. The molecule has 0 spiro atoms. The molecular formula is C35H36Cl3F3N4O13S. The van der Waals surface area contributed by atoms with E-state index in [2.05, 4.69) is 15.3 Å². The summed E-state index contributed by atoms with van der Waals surface area (Å²) in [4.78, 5) is 52.6. The molecule has 3 fully saturated rings. The number of carbonyl (C=O) groups excluding carboxylic acids is 4. The van der Waals surface area contributed by atoms with Crippen LogP contribution in [0.4, 0.5) is 18.0 Å². The van der Waals surface area contributed by atoms with Gasteiger partial charge in [-0.3, -0.25) is 14.4 Å². The highest BCUT2D eigenvalue weighted by molar-refractivity contribution is 7.99. The molecule has 0 bridgehead atoms. The van der Waals surface area contributed by atoms with Gasteiger partial charge in [0.25, 0.3) is 0 Å². The zero-order valence-electron chi connectivity index (χ0n) is 31.0. The second kappa shape index (κ2) is 20.2. The van der Waals surface area contributed by atoms with E-state index in [0.717, 1.165) is 26.8 Å². The van der Waals surface area contributed by atoms with Crippen LogP contribution in [0, 0.1) is 0 Å². The lowest BCUT2D eigenvalue weighted by Gasteiger charge is -2.51. The Morgan fingerprint density at radius 3 is 2.19 bits per heavy atom. The van der Waals surface area contributed by atoms with Crippen LogP contribution in [-0.4, -0.2) is 108 Å². The SMILES string of the molecule is CC(=O)OC[C@H]1O[C@H](O[C@@H]2[C@@H](NC(=O)OCC(Cl)(Cl)Cl)[C@H](Sc3ccccc3C(F)(F)F)O[C@@H]3COC(c4ccccc4)O[C@@H]23)[C@H](N=[N+]=[N-])[C@@H](OC(C)=O)[C@@H]1OC(C)=O. The van der Waals surface area contributed by atoms with Gasteiger partial charge in [-0.2, -0.15) is 13.2 Å². The molecule has 322 valence electrons. The number of nitrogens with zero attached hydrogens (tertiary/aromatic N) is 3. The number of carbonyl (C=O) groups is 4. The minimum atomic E-state index is -4.82. The molecule has 3 heterocycles. The van der Waals surface area contributed by atoms with Gasteiger partial charge >= 0.3 is 30.2 Å². The molecule has 1 N–H and O–H groups in total. The van der Waals surface area contributed by atoms with Crippen molar-refractivity contribution in [1.82, 2.24) is 5.32 Å². The highest BCUT2D eigenvalue weighted by Crippen LogP contribution is 2.45. The molecule has 0 aromatic heterocycles. The van der Waals surface area contributed by atoms with Crippen molar-refractivity contribution in [1.29, 1.82) is 0 Å². The van der Waals surface area contributed by atoms with Gasteiger partial charge < -0.3 is 47.9 Å². The van der Waals surface area contributed by atoms with Crippen LogP contribution >= 0.6 is 46.6 Å². The van der Waals surface area contributed by atoms with Crippen LogP contribution < -0.4 is 5.32 Å². The molecule has 59 heavy (non-hydrogen) atoms. The summed E-state index contributed by atoms with van der Waals surface area (Å²) in [5.74, 6) is -2.58. The van der Waals surface area contributed by atoms with Crippen LogP contribution in [0.3, 0.4) is 0 Å². The average molecular weight is 916 g/mol. The minimum Gasteiger partial charge on any atom is -0.463 e. The van der Waals surface area contributed by atoms with Gasteiger partial charge in [0.1, 0.15) is 49.1 Å². The Bertz CT molecular complexity index is 1860. The van der Waals surface area contributed by atoms with Gasteiger partial charge in [-0.05, 0) is 17.7 Å². The van der Waals surface area contributed by atoms with Gasteiger partial charge in [0, 0.05) is 36.1 Å². The third-order valence-electron chi connectivity index (χ3n) is 8.64. The van der Waals surface area contributed by atoms with Crippen LogP contribution in [0.2, 0.25) is 0 Å². The van der Waals surface area contributed by atoms with E-state index in [9.17, 15) is 37.9 Å². The summed E-state index contributed by atoms with van der Waals surface area (Å²) in [6.07, 6.45) is -17.5. The molecule has 2 aromatic carbocycles. The Labute approximate surface area is 353 Å². The predicted octanol–water partition coefficient (Wildman–Crippen LogP) is 6.32. The van der Waals surface area contributed by atoms with Crippen molar-refractivity contribution < 1.29 is 75.0 Å². The molecule has 0 saturated carbocycles. The second-order valence-electron chi connectivity index (χ2n) is 13.0. The molecule has 0 aliphatic carbocycles. The maximum Gasteiger partial charge on any atom is 0.417 e. The fourth-order valence-electron chi connectivity index (χ4n) is 6.36. The Kier molecular flexibility index (Phi) is 15.9. The number of benzene rings is 2. The first-order valence-electron chi connectivity index (χ1n) is 17.5. The standard InChI is InChI=1S/C35H36Cl3F3N4O13S/c1-16(46)50-13-21-26(53-17(2)47)28(54-18(3)48)24(44-45-42)31(55-21)58-29-25(43-33(49)52-15-34(36,37)38)32(59-23-12-8-7-11-20(23)35(39,40)41)56-22-14-51-30(57-27(22)29)19-9-5-4-6-10-19/h4-12,21-22,24-32H,13-15H2,1-3H3,(H,43,49)/t21-,22-,24-,25-,26-,27-,28-,29-,30?,31-,32+/m1/s1. The summed E-state index contributed by atoms with van der Waals surface area (Å²) in [5, 5.41) is 6.29. The Morgan fingerprint density at radius 1 is 0.898 bits per heavy atom. The first-order valence-corrected chi connectivity index (χ1v) is 19.5. The van der Waals surface area contributed by atoms with Crippen molar-refractivity contribution in [3.05, 3.63) is 76.2 Å². The number of hydrogen-bond acceptors (Lipinski definition) is 15. The number of ether oxygens (including phenoxy) is 9. The van der Waals surface area contributed by atoms with E-state index in [4.69, 9.17) is 77.4 Å². The third-order valence-corrected chi connectivity index (χ3v) is 10.2. The van der Waals surface area contributed by atoms with Crippen molar-refractivity contribution in [2.45, 2.75) is 102 Å². The number of rotatable bonds is 12. The fraction of sp³-hybridized carbons (Fsp3) is 0.543. The highest BCUT2D eigenvalue weighted by Gasteiger charge is 2.57. The fourth-order valence-corrected chi connectivity index (χ4v) is 7.81. The molecule has 17 nitrogen and oxygen atoms in total. The van der Waals surface area contributed by atoms with Gasteiger partial charge in [-0.25, -0.2) is 4.79 Å². The van der Waals surface area contributed by atoms with Crippen molar-refractivity contribution in [3.8, 4) is 0 Å². The first kappa shape index (κ1) is 46.3. The molecule has 5 rings (SSSR count). The normalized spacial score (nSPS) is 29.5. The highest BCUT2D eigenvalue weighted by atomic mass is 35.6. The number of nitrogens with one attached hydrogen (secondary N) is 1. The van der Waals surface area contributed by atoms with Gasteiger partial charge in [-0.15, -0.1) is 0 Å². The number of thioether (sulfide) groups is 1. The summed E-state index contributed by atoms with van der Waals surface area (Å²) in [7, 11) is 0. The molecule has 1 unspecified atom stereocenters. The predicted molar refractivity (Wildman–Crippen MR) is 199 cm³/mol. The zero-order chi connectivity index (χ0) is 43.1. The zero-order valence-corrected chi connectivity index (χ0v) is 34.1. The maximum absolute atomic E-state index is 14.3. The molecule has 2 aromatic rings. The number of amides is 1. The smallest absolute Gasteiger partial charge is 0.417 e. The molecule has 24 heteroatoms. The van der Waals surface area contributed by atoms with Crippen LogP contribution in [0.15, 0.2) is 64.6 Å². The molecule has 3 aliphatic heterocycles. The molecular weight excluding hydrogens is 880 g/mol. The van der Waals surface area contributed by atoms with Gasteiger partial charge in [-0.1, -0.05) is 94.1 Å². The molecule has 11 atom stereocenters. The minimum absolute atomic E-state index is 0.225. The van der Waals surface area contributed by atoms with Crippen molar-refractivity contribution in [3.63, 3.8) is 0 Å². The quantitative estimate of drug-likeness (QED) is 0.0617.